The lowest BCUT2D eigenvalue weighted by atomic mass is 10.1. The Labute approximate surface area is 115 Å². The molecule has 1 atom stereocenters. The summed E-state index contributed by atoms with van der Waals surface area (Å²) in [6.45, 7) is 7.82. The lowest BCUT2D eigenvalue weighted by molar-refractivity contribution is 0.249. The fourth-order valence-electron chi connectivity index (χ4n) is 1.54. The largest absolute Gasteiger partial charge is 0.394 e. The summed E-state index contributed by atoms with van der Waals surface area (Å²) in [5, 5.41) is 16.5. The van der Waals surface area contributed by atoms with Crippen molar-refractivity contribution >= 4 is 21.6 Å². The van der Waals surface area contributed by atoms with Crippen LogP contribution in [-0.2, 0) is 0 Å². The zero-order valence-corrected chi connectivity index (χ0v) is 12.7. The van der Waals surface area contributed by atoms with Crippen LogP contribution in [0, 0.1) is 5.92 Å². The molecule has 0 bridgehead atoms. The molecule has 0 aromatic carbocycles. The number of halogens is 1. The second kappa shape index (κ2) is 6.33. The number of rotatable bonds is 5. The number of nitrogens with one attached hydrogen (secondary N) is 1. The van der Waals surface area contributed by atoms with Gasteiger partial charge in [-0.1, -0.05) is 13.8 Å². The van der Waals surface area contributed by atoms with Gasteiger partial charge in [0.1, 0.15) is 4.47 Å². The van der Waals surface area contributed by atoms with E-state index in [-0.39, 0.29) is 30.2 Å². The maximum Gasteiger partial charge on any atom is 0.283 e. The van der Waals surface area contributed by atoms with Crippen molar-refractivity contribution in [2.45, 2.75) is 39.8 Å². The molecule has 5 nitrogen and oxygen atoms in total. The van der Waals surface area contributed by atoms with Crippen LogP contribution in [0.1, 0.15) is 33.7 Å². The molecular formula is C12H20BrN3O2. The van der Waals surface area contributed by atoms with Crippen LogP contribution >= 0.6 is 15.9 Å². The van der Waals surface area contributed by atoms with Crippen molar-refractivity contribution in [3.63, 3.8) is 0 Å². The van der Waals surface area contributed by atoms with Crippen molar-refractivity contribution in [3.8, 4) is 0 Å². The highest BCUT2D eigenvalue weighted by Gasteiger charge is 2.16. The Balaban J connectivity index is 3.06. The van der Waals surface area contributed by atoms with E-state index in [1.807, 2.05) is 27.7 Å². The topological polar surface area (TPSA) is 67.2 Å². The molecule has 1 rings (SSSR count). The predicted octanol–water partition coefficient (Wildman–Crippen LogP) is 2.02. The predicted molar refractivity (Wildman–Crippen MR) is 75.9 cm³/mol. The van der Waals surface area contributed by atoms with Gasteiger partial charge in [0.15, 0.2) is 0 Å². The lowest BCUT2D eigenvalue weighted by Gasteiger charge is -2.22. The molecule has 1 aromatic heterocycles. The molecule has 2 N–H and O–H groups in total. The van der Waals surface area contributed by atoms with E-state index in [9.17, 15) is 9.90 Å². The number of aliphatic hydroxyl groups is 1. The zero-order chi connectivity index (χ0) is 13.9. The van der Waals surface area contributed by atoms with Gasteiger partial charge in [-0.25, -0.2) is 4.68 Å². The maximum absolute atomic E-state index is 12.0. The van der Waals surface area contributed by atoms with Crippen LogP contribution in [0.3, 0.4) is 0 Å². The molecule has 1 aromatic rings. The number of aromatic nitrogens is 2. The van der Waals surface area contributed by atoms with Crippen LogP contribution in [0.4, 0.5) is 5.69 Å². The zero-order valence-electron chi connectivity index (χ0n) is 11.1. The fourth-order valence-corrected chi connectivity index (χ4v) is 1.93. The lowest BCUT2D eigenvalue weighted by Crippen LogP contribution is -2.32. The number of hydrogen-bond acceptors (Lipinski definition) is 4. The van der Waals surface area contributed by atoms with Crippen molar-refractivity contribution in [1.29, 1.82) is 0 Å². The molecule has 0 aliphatic rings. The third kappa shape index (κ3) is 3.32. The summed E-state index contributed by atoms with van der Waals surface area (Å²) in [4.78, 5) is 12.0. The molecule has 102 valence electrons. The van der Waals surface area contributed by atoms with Crippen molar-refractivity contribution in [1.82, 2.24) is 9.78 Å². The average molecular weight is 318 g/mol. The molecule has 0 radical (unpaired) electrons. The van der Waals surface area contributed by atoms with Gasteiger partial charge in [-0.2, -0.15) is 5.10 Å². The number of nitrogens with zero attached hydrogens (tertiary/aromatic N) is 2. The molecule has 18 heavy (non-hydrogen) atoms. The molecule has 0 spiro atoms. The maximum atomic E-state index is 12.0. The molecule has 1 unspecified atom stereocenters. The van der Waals surface area contributed by atoms with Crippen molar-refractivity contribution < 1.29 is 5.11 Å². The van der Waals surface area contributed by atoms with Crippen molar-refractivity contribution in [3.05, 3.63) is 21.0 Å². The first-order chi connectivity index (χ1) is 8.38. The molecule has 0 saturated carbocycles. The van der Waals surface area contributed by atoms with E-state index in [1.54, 1.807) is 6.20 Å². The first-order valence-electron chi connectivity index (χ1n) is 6.03. The van der Waals surface area contributed by atoms with E-state index in [0.717, 1.165) is 0 Å². The normalized spacial score (nSPS) is 13.1. The standard InChI is InChI=1S/C12H20BrN3O2/c1-7(2)10(6-17)15-9-5-14-16(8(3)4)12(18)11(9)13/h5,7-8,10,15,17H,6H2,1-4H3. The van der Waals surface area contributed by atoms with E-state index in [0.29, 0.717) is 10.2 Å². The fraction of sp³-hybridized carbons (Fsp3) is 0.667. The minimum absolute atomic E-state index is 0.0113. The molecule has 0 fully saturated rings. The minimum atomic E-state index is -0.171. The summed E-state index contributed by atoms with van der Waals surface area (Å²) >= 11 is 3.29. The molecule has 0 amide bonds. The quantitative estimate of drug-likeness (QED) is 0.871. The van der Waals surface area contributed by atoms with Crippen LogP contribution < -0.4 is 10.9 Å². The van der Waals surface area contributed by atoms with Gasteiger partial charge in [0, 0.05) is 0 Å². The van der Waals surface area contributed by atoms with E-state index in [4.69, 9.17) is 0 Å². The molecule has 0 aliphatic heterocycles. The minimum Gasteiger partial charge on any atom is -0.394 e. The number of anilines is 1. The van der Waals surface area contributed by atoms with Gasteiger partial charge >= 0.3 is 0 Å². The molecule has 0 saturated heterocycles. The number of aliphatic hydroxyl groups excluding tert-OH is 1. The van der Waals surface area contributed by atoms with Gasteiger partial charge in [-0.05, 0) is 35.7 Å². The molecular weight excluding hydrogens is 298 g/mol. The van der Waals surface area contributed by atoms with Gasteiger partial charge in [0.25, 0.3) is 5.56 Å². The average Bonchev–Trinajstić information content (AvgIpc) is 2.30. The summed E-state index contributed by atoms with van der Waals surface area (Å²) < 4.78 is 1.86. The van der Waals surface area contributed by atoms with Crippen LogP contribution in [-0.4, -0.2) is 27.5 Å². The van der Waals surface area contributed by atoms with Crippen molar-refractivity contribution in [2.75, 3.05) is 11.9 Å². The van der Waals surface area contributed by atoms with Gasteiger partial charge in [-0.3, -0.25) is 4.79 Å². The molecule has 6 heteroatoms. The summed E-state index contributed by atoms with van der Waals surface area (Å²) in [6, 6.07) is -0.0843. The van der Waals surface area contributed by atoms with E-state index >= 15 is 0 Å². The Bertz CT molecular complexity index is 457. The highest BCUT2D eigenvalue weighted by Crippen LogP contribution is 2.19. The smallest absolute Gasteiger partial charge is 0.283 e. The van der Waals surface area contributed by atoms with Crippen LogP contribution in [0.15, 0.2) is 15.5 Å². The van der Waals surface area contributed by atoms with Gasteiger partial charge < -0.3 is 10.4 Å². The van der Waals surface area contributed by atoms with Crippen LogP contribution in [0.2, 0.25) is 0 Å². The van der Waals surface area contributed by atoms with Crippen molar-refractivity contribution in [2.24, 2.45) is 5.92 Å². The first kappa shape index (κ1) is 15.2. The first-order valence-corrected chi connectivity index (χ1v) is 6.82. The highest BCUT2D eigenvalue weighted by atomic mass is 79.9. The number of hydrogen-bond donors (Lipinski definition) is 2. The second-order valence-electron chi connectivity index (χ2n) is 4.89. The van der Waals surface area contributed by atoms with E-state index < -0.39 is 0 Å². The summed E-state index contributed by atoms with van der Waals surface area (Å²) in [7, 11) is 0. The molecule has 0 aliphatic carbocycles. The summed E-state index contributed by atoms with van der Waals surface area (Å²) in [5.41, 5.74) is 0.445. The monoisotopic (exact) mass is 317 g/mol. The van der Waals surface area contributed by atoms with Crippen LogP contribution in [0.25, 0.3) is 0 Å². The third-order valence-corrected chi connectivity index (χ3v) is 3.54. The van der Waals surface area contributed by atoms with Gasteiger partial charge in [0.2, 0.25) is 0 Å². The van der Waals surface area contributed by atoms with E-state index in [1.165, 1.54) is 4.68 Å². The highest BCUT2D eigenvalue weighted by molar-refractivity contribution is 9.10. The van der Waals surface area contributed by atoms with Crippen LogP contribution in [0.5, 0.6) is 0 Å². The summed E-state index contributed by atoms with van der Waals surface area (Å²) in [5.74, 6) is 0.259. The Hall–Kier alpha value is -0.880. The van der Waals surface area contributed by atoms with Gasteiger partial charge in [0.05, 0.1) is 30.6 Å². The van der Waals surface area contributed by atoms with Gasteiger partial charge in [-0.15, -0.1) is 0 Å². The van der Waals surface area contributed by atoms with E-state index in [2.05, 4.69) is 26.3 Å². The summed E-state index contributed by atoms with van der Waals surface area (Å²) in [6.07, 6.45) is 1.61. The Kier molecular flexibility index (Phi) is 5.34. The SMILES string of the molecule is CC(C)C(CO)Nc1cnn(C(C)C)c(=O)c1Br. The Morgan fingerprint density at radius 3 is 2.50 bits per heavy atom. The Morgan fingerprint density at radius 2 is 2.06 bits per heavy atom. The third-order valence-electron chi connectivity index (χ3n) is 2.78. The second-order valence-corrected chi connectivity index (χ2v) is 5.69. The Morgan fingerprint density at radius 1 is 1.44 bits per heavy atom. The molecule has 1 heterocycles.